The first kappa shape index (κ1) is 22.7. The number of hydrogen-bond acceptors (Lipinski definition) is 5. The first-order valence-corrected chi connectivity index (χ1v) is 11.9. The van der Waals surface area contributed by atoms with Crippen molar-refractivity contribution in [3.8, 4) is 11.8 Å². The molecular weight excluding hydrogens is 427 g/mol. The second kappa shape index (κ2) is 10.4. The highest BCUT2D eigenvalue weighted by Gasteiger charge is 2.48. The lowest BCUT2D eigenvalue weighted by Gasteiger charge is -2.57. The van der Waals surface area contributed by atoms with E-state index in [1.165, 1.54) is 11.6 Å². The number of benzene rings is 2. The molecule has 1 aromatic heterocycles. The molecule has 0 saturated carbocycles. The fraction of sp³-hybridized carbons (Fsp3) is 0.357. The molecule has 6 heteroatoms. The van der Waals surface area contributed by atoms with Crippen molar-refractivity contribution in [3.05, 3.63) is 95.3 Å². The lowest BCUT2D eigenvalue weighted by atomic mass is 9.74. The third kappa shape index (κ3) is 4.88. The summed E-state index contributed by atoms with van der Waals surface area (Å²) in [4.78, 5) is 13.3. The summed E-state index contributed by atoms with van der Waals surface area (Å²) in [5.41, 5.74) is 3.61. The number of rotatable bonds is 4. The largest absolute Gasteiger partial charge is 0.395 e. The highest BCUT2D eigenvalue weighted by molar-refractivity contribution is 5.44. The summed E-state index contributed by atoms with van der Waals surface area (Å²) in [5.74, 6) is 5.96. The van der Waals surface area contributed by atoms with Crippen molar-refractivity contribution in [1.29, 1.82) is 0 Å². The lowest BCUT2D eigenvalue weighted by molar-refractivity contribution is -0.0655. The van der Waals surface area contributed by atoms with Crippen LogP contribution in [-0.4, -0.2) is 63.2 Å². The Labute approximate surface area is 200 Å². The SMILES string of the molecule is OC[C@H]1[C@@H](c2ccc(C#Cc3ccccc3F)cc2)[C@H]2CN(Cc3cncnc3)CCCCN21. The van der Waals surface area contributed by atoms with Crippen molar-refractivity contribution in [2.24, 2.45) is 0 Å². The van der Waals surface area contributed by atoms with Crippen LogP contribution in [0.15, 0.2) is 67.3 Å². The van der Waals surface area contributed by atoms with Gasteiger partial charge in [-0.15, -0.1) is 0 Å². The van der Waals surface area contributed by atoms with Crippen molar-refractivity contribution < 1.29 is 9.50 Å². The fourth-order valence-electron chi connectivity index (χ4n) is 5.32. The molecule has 0 bridgehead atoms. The second-order valence-corrected chi connectivity index (χ2v) is 9.12. The van der Waals surface area contributed by atoms with E-state index in [1.54, 1.807) is 24.5 Å². The maximum absolute atomic E-state index is 13.8. The molecule has 3 aromatic rings. The monoisotopic (exact) mass is 456 g/mol. The van der Waals surface area contributed by atoms with Crippen LogP contribution in [0.3, 0.4) is 0 Å². The van der Waals surface area contributed by atoms with Crippen LogP contribution >= 0.6 is 0 Å². The van der Waals surface area contributed by atoms with Crippen molar-refractivity contribution in [2.45, 2.75) is 37.4 Å². The molecule has 2 aliphatic heterocycles. The average molecular weight is 457 g/mol. The van der Waals surface area contributed by atoms with Gasteiger partial charge in [-0.05, 0) is 55.8 Å². The molecule has 3 atom stereocenters. The summed E-state index contributed by atoms with van der Waals surface area (Å²) in [5, 5.41) is 10.2. The molecule has 174 valence electrons. The molecule has 5 rings (SSSR count). The summed E-state index contributed by atoms with van der Waals surface area (Å²) < 4.78 is 13.8. The van der Waals surface area contributed by atoms with Gasteiger partial charge in [0.25, 0.3) is 0 Å². The third-order valence-electron chi connectivity index (χ3n) is 6.99. The van der Waals surface area contributed by atoms with E-state index < -0.39 is 0 Å². The number of hydrogen-bond donors (Lipinski definition) is 1. The second-order valence-electron chi connectivity index (χ2n) is 9.12. The van der Waals surface area contributed by atoms with Crippen LogP contribution in [0.1, 0.15) is 41.0 Å². The Morgan fingerprint density at radius 1 is 0.971 bits per heavy atom. The van der Waals surface area contributed by atoms with Gasteiger partial charge in [0.15, 0.2) is 0 Å². The molecule has 5 nitrogen and oxygen atoms in total. The normalized spacial score (nSPS) is 23.1. The van der Waals surface area contributed by atoms with Gasteiger partial charge in [-0.3, -0.25) is 9.80 Å². The van der Waals surface area contributed by atoms with Gasteiger partial charge in [0, 0.05) is 54.6 Å². The van der Waals surface area contributed by atoms with Crippen LogP contribution in [0.2, 0.25) is 0 Å². The highest BCUT2D eigenvalue weighted by atomic mass is 19.1. The van der Waals surface area contributed by atoms with E-state index in [2.05, 4.69) is 43.7 Å². The van der Waals surface area contributed by atoms with Gasteiger partial charge < -0.3 is 5.11 Å². The Morgan fingerprint density at radius 3 is 2.50 bits per heavy atom. The van der Waals surface area contributed by atoms with E-state index in [0.717, 1.165) is 50.1 Å². The zero-order chi connectivity index (χ0) is 23.3. The molecular formula is C28H29FN4O. The number of halogens is 1. The summed E-state index contributed by atoms with van der Waals surface area (Å²) in [6.07, 6.45) is 7.62. The summed E-state index contributed by atoms with van der Waals surface area (Å²) in [6.45, 7) is 4.03. The van der Waals surface area contributed by atoms with Gasteiger partial charge in [0.05, 0.1) is 12.2 Å². The molecule has 2 saturated heterocycles. The van der Waals surface area contributed by atoms with Gasteiger partial charge in [0.2, 0.25) is 0 Å². The number of nitrogens with zero attached hydrogens (tertiary/aromatic N) is 4. The van der Waals surface area contributed by atoms with Crippen LogP contribution in [0.25, 0.3) is 0 Å². The van der Waals surface area contributed by atoms with Crippen molar-refractivity contribution >= 4 is 0 Å². The molecule has 2 fully saturated rings. The average Bonchev–Trinajstić information content (AvgIpc) is 2.85. The van der Waals surface area contributed by atoms with E-state index in [9.17, 15) is 9.50 Å². The van der Waals surface area contributed by atoms with Crippen molar-refractivity contribution in [3.63, 3.8) is 0 Å². The van der Waals surface area contributed by atoms with E-state index in [4.69, 9.17) is 0 Å². The van der Waals surface area contributed by atoms with Crippen LogP contribution in [0.5, 0.6) is 0 Å². The van der Waals surface area contributed by atoms with Gasteiger partial charge in [-0.2, -0.15) is 0 Å². The van der Waals surface area contributed by atoms with Crippen LogP contribution in [0.4, 0.5) is 4.39 Å². The Balaban J connectivity index is 1.33. The lowest BCUT2D eigenvalue weighted by Crippen LogP contribution is -2.67. The molecule has 0 amide bonds. The predicted molar refractivity (Wildman–Crippen MR) is 129 cm³/mol. The van der Waals surface area contributed by atoms with Crippen molar-refractivity contribution in [2.75, 3.05) is 26.2 Å². The first-order chi connectivity index (χ1) is 16.7. The van der Waals surface area contributed by atoms with E-state index in [1.807, 2.05) is 24.5 Å². The third-order valence-corrected chi connectivity index (χ3v) is 6.99. The summed E-state index contributed by atoms with van der Waals surface area (Å²) >= 11 is 0. The summed E-state index contributed by atoms with van der Waals surface area (Å²) in [6, 6.07) is 15.3. The van der Waals surface area contributed by atoms with Gasteiger partial charge >= 0.3 is 0 Å². The smallest absolute Gasteiger partial charge is 0.138 e. The van der Waals surface area contributed by atoms with E-state index >= 15 is 0 Å². The molecule has 2 aliphatic rings. The number of aliphatic hydroxyl groups excluding tert-OH is 1. The summed E-state index contributed by atoms with van der Waals surface area (Å²) in [7, 11) is 0. The van der Waals surface area contributed by atoms with Crippen LogP contribution < -0.4 is 0 Å². The maximum Gasteiger partial charge on any atom is 0.138 e. The minimum atomic E-state index is -0.303. The molecule has 0 spiro atoms. The molecule has 3 heterocycles. The number of aromatic nitrogens is 2. The Kier molecular flexibility index (Phi) is 6.96. The molecule has 1 N–H and O–H groups in total. The van der Waals surface area contributed by atoms with Crippen LogP contribution in [0, 0.1) is 17.7 Å². The maximum atomic E-state index is 13.8. The molecule has 2 aromatic carbocycles. The minimum absolute atomic E-state index is 0.139. The predicted octanol–water partition coefficient (Wildman–Crippen LogP) is 3.44. The van der Waals surface area contributed by atoms with Gasteiger partial charge in [0.1, 0.15) is 12.1 Å². The quantitative estimate of drug-likeness (QED) is 0.610. The fourth-order valence-corrected chi connectivity index (χ4v) is 5.32. The zero-order valence-corrected chi connectivity index (χ0v) is 19.1. The van der Waals surface area contributed by atoms with Gasteiger partial charge in [-0.25, -0.2) is 14.4 Å². The number of fused-ring (bicyclic) bond motifs is 1. The van der Waals surface area contributed by atoms with Gasteiger partial charge in [-0.1, -0.05) is 36.1 Å². The molecule has 34 heavy (non-hydrogen) atoms. The number of aliphatic hydroxyl groups is 1. The zero-order valence-electron chi connectivity index (χ0n) is 19.1. The first-order valence-electron chi connectivity index (χ1n) is 11.9. The van der Waals surface area contributed by atoms with Crippen LogP contribution in [-0.2, 0) is 6.54 Å². The highest BCUT2D eigenvalue weighted by Crippen LogP contribution is 2.42. The standard InChI is InChI=1S/C28H29FN4O/c29-25-6-2-1-5-23(25)10-7-21-8-11-24(12-9-21)28-26-18-32(17-22-15-30-20-31-16-22)13-3-4-14-33(26)27(28)19-34/h1-2,5-6,8-9,11-12,15-16,20,26-28,34H,3-4,13-14,17-19H2/t26-,27+,28+/m1/s1. The minimum Gasteiger partial charge on any atom is -0.395 e. The Morgan fingerprint density at radius 2 is 1.74 bits per heavy atom. The van der Waals surface area contributed by atoms with E-state index in [0.29, 0.717) is 11.6 Å². The molecule has 0 radical (unpaired) electrons. The van der Waals surface area contributed by atoms with Crippen molar-refractivity contribution in [1.82, 2.24) is 19.8 Å². The van der Waals surface area contributed by atoms with E-state index in [-0.39, 0.29) is 24.4 Å². The molecule has 0 aliphatic carbocycles. The Hall–Kier alpha value is -3.11. The Bertz CT molecular complexity index is 1160. The molecule has 0 unspecified atom stereocenters. The topological polar surface area (TPSA) is 52.5 Å².